The number of amides is 1. The fourth-order valence-electron chi connectivity index (χ4n) is 3.96. The number of hydrogen-bond donors (Lipinski definition) is 2. The number of halogens is 3. The molecule has 0 unspecified atom stereocenters. The van der Waals surface area contributed by atoms with Crippen LogP contribution in [0.5, 0.6) is 5.88 Å². The molecule has 1 aromatic carbocycles. The summed E-state index contributed by atoms with van der Waals surface area (Å²) in [4.78, 5) is 23.0. The van der Waals surface area contributed by atoms with Gasteiger partial charge in [0.1, 0.15) is 5.69 Å². The van der Waals surface area contributed by atoms with E-state index in [0.717, 1.165) is 34.6 Å². The van der Waals surface area contributed by atoms with E-state index in [4.69, 9.17) is 15.2 Å². The molecule has 0 spiro atoms. The van der Waals surface area contributed by atoms with Gasteiger partial charge in [-0.2, -0.15) is 13.2 Å². The van der Waals surface area contributed by atoms with E-state index in [0.29, 0.717) is 44.1 Å². The summed E-state index contributed by atoms with van der Waals surface area (Å²) in [6.07, 6.45) is -1.22. The zero-order valence-electron chi connectivity index (χ0n) is 20.5. The summed E-state index contributed by atoms with van der Waals surface area (Å²) in [5, 5.41) is 2.65. The highest BCUT2D eigenvalue weighted by atomic mass is 19.4. The van der Waals surface area contributed by atoms with E-state index in [2.05, 4.69) is 20.2 Å². The quantitative estimate of drug-likeness (QED) is 0.478. The van der Waals surface area contributed by atoms with Crippen LogP contribution in [0.25, 0.3) is 11.1 Å². The Hall–Kier alpha value is -3.70. The highest BCUT2D eigenvalue weighted by Gasteiger charge is 2.31. The minimum Gasteiger partial charge on any atom is -0.473 e. The van der Waals surface area contributed by atoms with Gasteiger partial charge in [0.05, 0.1) is 30.4 Å². The normalized spacial score (nSPS) is 14.1. The lowest BCUT2D eigenvalue weighted by atomic mass is 9.99. The molecule has 8 nitrogen and oxygen atoms in total. The van der Waals surface area contributed by atoms with E-state index in [1.165, 1.54) is 0 Å². The van der Waals surface area contributed by atoms with Crippen LogP contribution in [0.1, 0.15) is 35.3 Å². The molecule has 0 aliphatic carbocycles. The van der Waals surface area contributed by atoms with E-state index in [-0.39, 0.29) is 18.2 Å². The highest BCUT2D eigenvalue weighted by molar-refractivity contribution is 6.04. The molecule has 0 radical (unpaired) electrons. The summed E-state index contributed by atoms with van der Waals surface area (Å²) in [5.74, 6) is -0.200. The first-order valence-corrected chi connectivity index (χ1v) is 11.8. The third-order valence-electron chi connectivity index (χ3n) is 5.76. The fraction of sp³-hybridized carbons (Fsp3) is 0.346. The number of alkyl halides is 3. The SMILES string of the molecule is CC(C)Oc1ncc(-c2cc(NC(=O)c3cncc(C(F)(F)F)c3)ccc2CN)cc1N1CCOCC1. The molecule has 3 aromatic rings. The van der Waals surface area contributed by atoms with Crippen LogP contribution in [0.4, 0.5) is 24.5 Å². The molecule has 4 rings (SSSR count). The summed E-state index contributed by atoms with van der Waals surface area (Å²) in [6, 6.07) is 7.88. The summed E-state index contributed by atoms with van der Waals surface area (Å²) >= 11 is 0. The highest BCUT2D eigenvalue weighted by Crippen LogP contribution is 2.35. The molecule has 1 saturated heterocycles. The Bertz CT molecular complexity index is 1260. The van der Waals surface area contributed by atoms with Crippen molar-refractivity contribution in [2.45, 2.75) is 32.7 Å². The predicted octanol–water partition coefficient (Wildman–Crippen LogP) is 4.50. The Kier molecular flexibility index (Phi) is 7.94. The second-order valence-electron chi connectivity index (χ2n) is 8.80. The second kappa shape index (κ2) is 11.1. The molecular weight excluding hydrogens is 487 g/mol. The number of ether oxygens (including phenoxy) is 2. The van der Waals surface area contributed by atoms with Crippen LogP contribution >= 0.6 is 0 Å². The first-order valence-electron chi connectivity index (χ1n) is 11.8. The number of anilines is 2. The number of pyridine rings is 2. The van der Waals surface area contributed by atoms with Crippen LogP contribution < -0.4 is 20.7 Å². The van der Waals surface area contributed by atoms with Gasteiger partial charge < -0.3 is 25.4 Å². The molecule has 1 aliphatic rings. The maximum Gasteiger partial charge on any atom is 0.417 e. The van der Waals surface area contributed by atoms with Gasteiger partial charge in [0.15, 0.2) is 0 Å². The van der Waals surface area contributed by atoms with E-state index in [1.54, 1.807) is 24.4 Å². The molecule has 0 saturated carbocycles. The average molecular weight is 516 g/mol. The second-order valence-corrected chi connectivity index (χ2v) is 8.80. The smallest absolute Gasteiger partial charge is 0.417 e. The molecular formula is C26H28F3N5O3. The Morgan fingerprint density at radius 3 is 2.59 bits per heavy atom. The Morgan fingerprint density at radius 2 is 1.92 bits per heavy atom. The molecule has 3 heterocycles. The van der Waals surface area contributed by atoms with Crippen LogP contribution in [-0.4, -0.2) is 48.3 Å². The van der Waals surface area contributed by atoms with Crippen molar-refractivity contribution in [3.63, 3.8) is 0 Å². The minimum atomic E-state index is -4.60. The molecule has 1 aliphatic heterocycles. The van der Waals surface area contributed by atoms with Gasteiger partial charge in [0.25, 0.3) is 5.91 Å². The molecule has 2 aromatic heterocycles. The Morgan fingerprint density at radius 1 is 1.16 bits per heavy atom. The maximum atomic E-state index is 13.0. The number of morpholine rings is 1. The van der Waals surface area contributed by atoms with E-state index >= 15 is 0 Å². The molecule has 1 fully saturated rings. The standard InChI is InChI=1S/C26H28F3N5O3/c1-16(2)37-25-23(34-5-7-36-8-6-34)10-18(14-32-25)22-11-21(4-3-17(22)12-30)33-24(35)19-9-20(15-31-13-19)26(27,28)29/h3-4,9-11,13-16H,5-8,12,30H2,1-2H3,(H,33,35). The van der Waals surface area contributed by atoms with Gasteiger partial charge >= 0.3 is 6.18 Å². The van der Waals surface area contributed by atoms with E-state index in [9.17, 15) is 18.0 Å². The van der Waals surface area contributed by atoms with Crippen molar-refractivity contribution in [1.82, 2.24) is 9.97 Å². The monoisotopic (exact) mass is 515 g/mol. The summed E-state index contributed by atoms with van der Waals surface area (Å²) in [7, 11) is 0. The van der Waals surface area contributed by atoms with Crippen molar-refractivity contribution in [3.05, 3.63) is 65.6 Å². The first-order chi connectivity index (χ1) is 17.7. The molecule has 1 amide bonds. The van der Waals surface area contributed by atoms with Crippen LogP contribution in [-0.2, 0) is 17.5 Å². The largest absolute Gasteiger partial charge is 0.473 e. The van der Waals surface area contributed by atoms with Crippen molar-refractivity contribution in [2.75, 3.05) is 36.5 Å². The fourth-order valence-corrected chi connectivity index (χ4v) is 3.96. The van der Waals surface area contributed by atoms with E-state index < -0.39 is 17.6 Å². The zero-order valence-corrected chi connectivity index (χ0v) is 20.5. The molecule has 37 heavy (non-hydrogen) atoms. The number of carbonyl (C=O) groups excluding carboxylic acids is 1. The number of benzene rings is 1. The number of nitrogens with two attached hydrogens (primary N) is 1. The number of carbonyl (C=O) groups is 1. The molecule has 0 bridgehead atoms. The van der Waals surface area contributed by atoms with Gasteiger partial charge in [0.2, 0.25) is 5.88 Å². The lowest BCUT2D eigenvalue weighted by Gasteiger charge is -2.30. The predicted molar refractivity (Wildman–Crippen MR) is 134 cm³/mol. The van der Waals surface area contributed by atoms with Gasteiger partial charge in [-0.1, -0.05) is 6.07 Å². The Balaban J connectivity index is 1.67. The topological polar surface area (TPSA) is 103 Å². The molecule has 11 heteroatoms. The summed E-state index contributed by atoms with van der Waals surface area (Å²) in [6.45, 7) is 6.64. The van der Waals surface area contributed by atoms with Crippen molar-refractivity contribution in [2.24, 2.45) is 5.73 Å². The van der Waals surface area contributed by atoms with Crippen molar-refractivity contribution < 1.29 is 27.4 Å². The van der Waals surface area contributed by atoms with Gasteiger partial charge in [-0.05, 0) is 49.2 Å². The Labute approximate surface area is 212 Å². The molecule has 196 valence electrons. The number of hydrogen-bond acceptors (Lipinski definition) is 7. The minimum absolute atomic E-state index is 0.0679. The van der Waals surface area contributed by atoms with Crippen molar-refractivity contribution in [1.29, 1.82) is 0 Å². The number of nitrogens with zero attached hydrogens (tertiary/aromatic N) is 3. The first kappa shape index (κ1) is 26.4. The van der Waals surface area contributed by atoms with Gasteiger partial charge in [-0.3, -0.25) is 9.78 Å². The van der Waals surface area contributed by atoms with Crippen LogP contribution in [0, 0.1) is 0 Å². The van der Waals surface area contributed by atoms with Crippen LogP contribution in [0.3, 0.4) is 0 Å². The van der Waals surface area contributed by atoms with Gasteiger partial charge in [-0.25, -0.2) is 4.98 Å². The molecule has 3 N–H and O–H groups in total. The number of aromatic nitrogens is 2. The van der Waals surface area contributed by atoms with Crippen LogP contribution in [0.2, 0.25) is 0 Å². The lowest BCUT2D eigenvalue weighted by Crippen LogP contribution is -2.36. The zero-order chi connectivity index (χ0) is 26.6. The summed E-state index contributed by atoms with van der Waals surface area (Å²) < 4.78 is 50.5. The molecule has 0 atom stereocenters. The average Bonchev–Trinajstić information content (AvgIpc) is 2.88. The van der Waals surface area contributed by atoms with E-state index in [1.807, 2.05) is 19.9 Å². The third kappa shape index (κ3) is 6.36. The van der Waals surface area contributed by atoms with Crippen molar-refractivity contribution in [3.8, 4) is 17.0 Å². The lowest BCUT2D eigenvalue weighted by molar-refractivity contribution is -0.137. The van der Waals surface area contributed by atoms with Gasteiger partial charge in [0, 0.05) is 49.5 Å². The third-order valence-corrected chi connectivity index (χ3v) is 5.76. The van der Waals surface area contributed by atoms with Crippen molar-refractivity contribution >= 4 is 17.3 Å². The maximum absolute atomic E-state index is 13.0. The number of nitrogens with one attached hydrogen (secondary N) is 1. The summed E-state index contributed by atoms with van der Waals surface area (Å²) in [5.41, 5.74) is 8.31. The van der Waals surface area contributed by atoms with Gasteiger partial charge in [-0.15, -0.1) is 0 Å². The van der Waals surface area contributed by atoms with Crippen LogP contribution in [0.15, 0.2) is 48.9 Å². The number of rotatable bonds is 7.